The highest BCUT2D eigenvalue weighted by atomic mass is 35.7. The molecule has 3 rings (SSSR count). The lowest BCUT2D eigenvalue weighted by molar-refractivity contribution is 0.561. The van der Waals surface area contributed by atoms with Crippen LogP contribution < -0.4 is 36.8 Å². The number of rotatable bonds is 3. The molecule has 0 aliphatic rings. The molecule has 0 unspecified atom stereocenters. The molecule has 0 bridgehead atoms. The molecule has 3 aromatic rings. The fourth-order valence-electron chi connectivity index (χ4n) is 3.00. The van der Waals surface area contributed by atoms with Crippen LogP contribution in [-0.2, 0) is 19.2 Å². The Morgan fingerprint density at radius 3 is 1.46 bits per heavy atom. The minimum absolute atomic E-state index is 0.205. The minimum atomic E-state index is -2.97. The van der Waals surface area contributed by atoms with Crippen molar-refractivity contribution >= 4 is 57.5 Å². The second-order valence-electron chi connectivity index (χ2n) is 5.74. The quantitative estimate of drug-likeness (QED) is 0.480. The predicted molar refractivity (Wildman–Crippen MR) is 109 cm³/mol. The van der Waals surface area contributed by atoms with Crippen LogP contribution >= 0.6 is 17.9 Å². The number of carbonyl (C=O) groups excluding carboxylic acids is 4. The van der Waals surface area contributed by atoms with Crippen molar-refractivity contribution in [2.75, 3.05) is 0 Å². The lowest BCUT2D eigenvalue weighted by Crippen LogP contribution is -2.58. The van der Waals surface area contributed by atoms with Crippen LogP contribution in [0.2, 0.25) is 0 Å². The number of hydrogen-bond donors (Lipinski definition) is 0. The summed E-state index contributed by atoms with van der Waals surface area (Å²) >= 11 is 7.23. The largest absolute Gasteiger partial charge is 0.233 e. The van der Waals surface area contributed by atoms with Gasteiger partial charge in [-0.15, -0.1) is 0 Å². The van der Waals surface area contributed by atoms with E-state index in [-0.39, 0.29) is 21.0 Å². The Morgan fingerprint density at radius 1 is 0.607 bits per heavy atom. The molecule has 4 nitrogen and oxygen atoms in total. The van der Waals surface area contributed by atoms with Gasteiger partial charge in [-0.1, -0.05) is 36.4 Å². The average Bonchev–Trinajstić information content (AvgIpc) is 2.77. The molecule has 0 aromatic heterocycles. The Morgan fingerprint density at radius 2 is 1.07 bits per heavy atom. The number of benzene rings is 3. The van der Waals surface area contributed by atoms with Crippen LogP contribution in [0.1, 0.15) is 0 Å². The fourth-order valence-corrected chi connectivity index (χ4v) is 6.87. The summed E-state index contributed by atoms with van der Waals surface area (Å²) in [7, 11) is 0. The third kappa shape index (κ3) is 3.10. The first-order valence-corrected chi connectivity index (χ1v) is 10.7. The van der Waals surface area contributed by atoms with E-state index in [1.54, 1.807) is 66.4 Å². The molecule has 0 saturated carbocycles. The van der Waals surface area contributed by atoms with E-state index in [1.807, 2.05) is 12.1 Å². The van der Waals surface area contributed by atoms with Gasteiger partial charge in [0.15, 0.2) is 0 Å². The Bertz CT molecular complexity index is 1340. The van der Waals surface area contributed by atoms with E-state index in [4.69, 9.17) is 11.2 Å². The van der Waals surface area contributed by atoms with Gasteiger partial charge in [0.25, 0.3) is 0 Å². The maximum absolute atomic E-state index is 11.8. The first-order chi connectivity index (χ1) is 13.6. The monoisotopic (exact) mass is 405 g/mol. The van der Waals surface area contributed by atoms with Crippen molar-refractivity contribution in [3.63, 3.8) is 0 Å². The van der Waals surface area contributed by atoms with Crippen LogP contribution in [0.4, 0.5) is 0 Å². The van der Waals surface area contributed by atoms with Gasteiger partial charge in [-0.25, -0.2) is 19.2 Å². The Balaban J connectivity index is 2.67. The van der Waals surface area contributed by atoms with E-state index < -0.39 is 11.8 Å². The van der Waals surface area contributed by atoms with E-state index in [9.17, 15) is 19.2 Å². The van der Waals surface area contributed by atoms with Gasteiger partial charge in [-0.3, -0.25) is 0 Å². The molecular weight excluding hydrogens is 395 g/mol. The molecule has 0 N–H and O–H groups in total. The predicted octanol–water partition coefficient (Wildman–Crippen LogP) is -1.85. The lowest BCUT2D eigenvalue weighted by atomic mass is 10.2. The summed E-state index contributed by atoms with van der Waals surface area (Å²) in [5.74, 6) is 6.41. The second kappa shape index (κ2) is 8.15. The molecule has 6 heteroatoms. The van der Waals surface area contributed by atoms with Gasteiger partial charge < -0.3 is 0 Å². The zero-order chi connectivity index (χ0) is 20.1. The molecule has 0 radical (unpaired) electrons. The molecule has 134 valence electrons. The molecule has 0 fully saturated rings. The highest BCUT2D eigenvalue weighted by Gasteiger charge is 2.46. The molecule has 0 saturated heterocycles. The SMILES string of the molecule is O=C=c1cc([P+](Cl)(c2ccccc2)c2ccccc2)c(=C=O)c(=C=O)c1=C=O. The first-order valence-electron chi connectivity index (χ1n) is 8.06. The third-order valence-electron chi connectivity index (χ3n) is 4.28. The number of halogens is 1. The molecule has 0 heterocycles. The molecule has 0 spiro atoms. The van der Waals surface area contributed by atoms with Crippen LogP contribution in [0, 0.1) is 0 Å². The van der Waals surface area contributed by atoms with Gasteiger partial charge >= 0.3 is 0 Å². The Hall–Kier alpha value is -3.30. The highest BCUT2D eigenvalue weighted by molar-refractivity contribution is 8.14. The minimum Gasteiger partial charge on any atom is -0.233 e. The van der Waals surface area contributed by atoms with E-state index in [1.165, 1.54) is 12.0 Å². The summed E-state index contributed by atoms with van der Waals surface area (Å²) < 4.78 is 0. The van der Waals surface area contributed by atoms with Crippen LogP contribution in [0.15, 0.2) is 66.7 Å². The van der Waals surface area contributed by atoms with E-state index in [2.05, 4.69) is 0 Å². The lowest BCUT2D eigenvalue weighted by Gasteiger charge is -2.18. The van der Waals surface area contributed by atoms with Gasteiger partial charge in [0.1, 0.15) is 61.4 Å². The van der Waals surface area contributed by atoms with Crippen LogP contribution in [0.25, 0.3) is 0 Å². The topological polar surface area (TPSA) is 68.3 Å². The third-order valence-corrected chi connectivity index (χ3v) is 9.03. The van der Waals surface area contributed by atoms with Crippen LogP contribution in [-0.4, -0.2) is 23.8 Å². The molecular formula is C22H11ClO4P+. The van der Waals surface area contributed by atoms with Crippen molar-refractivity contribution in [2.45, 2.75) is 0 Å². The maximum atomic E-state index is 11.8. The van der Waals surface area contributed by atoms with E-state index >= 15 is 0 Å². The average molecular weight is 406 g/mol. The summed E-state index contributed by atoms with van der Waals surface area (Å²) in [5.41, 5.74) is 0. The van der Waals surface area contributed by atoms with E-state index in [0.29, 0.717) is 10.6 Å². The van der Waals surface area contributed by atoms with Crippen molar-refractivity contribution in [2.24, 2.45) is 0 Å². The molecule has 0 amide bonds. The van der Waals surface area contributed by atoms with Gasteiger partial charge in [-0.05, 0) is 24.3 Å². The molecule has 28 heavy (non-hydrogen) atoms. The smallest absolute Gasteiger partial charge is 0.211 e. The molecule has 0 atom stereocenters. The van der Waals surface area contributed by atoms with Crippen molar-refractivity contribution < 1.29 is 19.2 Å². The van der Waals surface area contributed by atoms with Gasteiger partial charge in [-0.2, -0.15) is 0 Å². The van der Waals surface area contributed by atoms with Gasteiger partial charge in [0.05, 0.1) is 10.4 Å². The first kappa shape index (κ1) is 19.5. The fraction of sp³-hybridized carbons (Fsp3) is 0. The maximum Gasteiger partial charge on any atom is 0.211 e. The van der Waals surface area contributed by atoms with Crippen molar-refractivity contribution in [3.05, 3.63) is 87.6 Å². The van der Waals surface area contributed by atoms with Gasteiger partial charge in [0.2, 0.25) is 6.62 Å². The zero-order valence-electron chi connectivity index (χ0n) is 14.3. The second-order valence-corrected chi connectivity index (χ2v) is 9.95. The standard InChI is InChI=1S/C22H11ClO4P/c23-28(17-7-3-1-4-8-17,18-9-5-2-6-10-18)22-11-16(12-24)19(13-25)20(14-26)21(22)15-27/h1-11H/q+1. The van der Waals surface area contributed by atoms with Crippen molar-refractivity contribution in [1.82, 2.24) is 0 Å². The molecule has 3 aromatic carbocycles. The van der Waals surface area contributed by atoms with Crippen molar-refractivity contribution in [1.29, 1.82) is 0 Å². The Labute approximate surface area is 164 Å². The zero-order valence-corrected chi connectivity index (χ0v) is 16.0. The normalized spacial score (nSPS) is 10.3. The molecule has 0 aliphatic heterocycles. The van der Waals surface area contributed by atoms with Crippen molar-refractivity contribution in [3.8, 4) is 0 Å². The van der Waals surface area contributed by atoms with E-state index in [0.717, 1.165) is 0 Å². The summed E-state index contributed by atoms with van der Waals surface area (Å²) in [6.45, 7) is -2.97. The van der Waals surface area contributed by atoms with Crippen LogP contribution in [0.3, 0.4) is 0 Å². The number of hydrogen-bond acceptors (Lipinski definition) is 4. The summed E-state index contributed by atoms with van der Waals surface area (Å²) in [5, 5.41) is 0.459. The Kier molecular flexibility index (Phi) is 5.67. The summed E-state index contributed by atoms with van der Waals surface area (Å²) in [6.07, 6.45) is 0. The van der Waals surface area contributed by atoms with Gasteiger partial charge in [0, 0.05) is 6.07 Å². The summed E-state index contributed by atoms with van der Waals surface area (Å²) in [4.78, 5) is 46.1. The molecule has 0 aliphatic carbocycles. The highest BCUT2D eigenvalue weighted by Crippen LogP contribution is 2.59. The summed E-state index contributed by atoms with van der Waals surface area (Å²) in [6, 6.07) is 19.4. The van der Waals surface area contributed by atoms with Crippen LogP contribution in [0.5, 0.6) is 0 Å².